The van der Waals surface area contributed by atoms with Gasteiger partial charge in [-0.2, -0.15) is 0 Å². The molecule has 2 N–H and O–H groups in total. The van der Waals surface area contributed by atoms with Gasteiger partial charge in [0.25, 0.3) is 5.91 Å². The second kappa shape index (κ2) is 8.52. The number of carboxylic acids is 1. The number of anilines is 1. The molecule has 2 aliphatic rings. The van der Waals surface area contributed by atoms with Crippen LogP contribution in [0, 0.1) is 0 Å². The first-order valence-corrected chi connectivity index (χ1v) is 11.4. The summed E-state index contributed by atoms with van der Waals surface area (Å²) in [7, 11) is 0. The molecule has 1 atom stereocenters. The van der Waals surface area contributed by atoms with E-state index in [0.29, 0.717) is 22.3 Å². The molecule has 7 heteroatoms. The van der Waals surface area contributed by atoms with Crippen molar-refractivity contribution in [1.82, 2.24) is 10.3 Å². The molecule has 6 nitrogen and oxygen atoms in total. The number of hydrogen-bond donors (Lipinski definition) is 2. The van der Waals surface area contributed by atoms with Crippen LogP contribution in [0.15, 0.2) is 66.9 Å². The number of carboxylic acid groups (broad SMARTS) is 1. The Morgan fingerprint density at radius 2 is 1.82 bits per heavy atom. The highest BCUT2D eigenvalue weighted by Crippen LogP contribution is 2.46. The van der Waals surface area contributed by atoms with Gasteiger partial charge >= 0.3 is 5.97 Å². The van der Waals surface area contributed by atoms with E-state index in [0.717, 1.165) is 37.9 Å². The second-order valence-corrected chi connectivity index (χ2v) is 9.22. The molecule has 1 aromatic heterocycles. The molecular weight excluding hydrogens is 438 g/mol. The fraction of sp³-hybridized carbons (Fsp3) is 0.269. The molecule has 2 aromatic carbocycles. The fourth-order valence-electron chi connectivity index (χ4n) is 4.63. The predicted octanol–water partition coefficient (Wildman–Crippen LogP) is 4.85. The van der Waals surface area contributed by atoms with Crippen molar-refractivity contribution in [2.45, 2.75) is 30.7 Å². The Morgan fingerprint density at radius 1 is 1.09 bits per heavy atom. The van der Waals surface area contributed by atoms with Crippen molar-refractivity contribution in [2.24, 2.45) is 0 Å². The van der Waals surface area contributed by atoms with Crippen molar-refractivity contribution < 1.29 is 14.7 Å². The average Bonchev–Trinajstić information content (AvgIpc) is 3.44. The summed E-state index contributed by atoms with van der Waals surface area (Å²) in [5, 5.41) is 12.7. The molecule has 0 spiro atoms. The maximum atomic E-state index is 13.4. The SMILES string of the molecule is O=C(O)c1ccc(C2(NC(=O)c3cc(Cl)cnc3N3CCC(c4ccccc4)C3)CC2)cc1. The molecule has 1 aliphatic carbocycles. The van der Waals surface area contributed by atoms with Crippen LogP contribution in [0.2, 0.25) is 5.02 Å². The number of halogens is 1. The van der Waals surface area contributed by atoms with E-state index in [1.807, 2.05) is 6.07 Å². The number of pyridine rings is 1. The van der Waals surface area contributed by atoms with Gasteiger partial charge in [0.05, 0.1) is 21.7 Å². The van der Waals surface area contributed by atoms with E-state index >= 15 is 0 Å². The molecule has 1 aliphatic heterocycles. The lowest BCUT2D eigenvalue weighted by atomic mass is 9.99. The van der Waals surface area contributed by atoms with E-state index in [4.69, 9.17) is 16.7 Å². The van der Waals surface area contributed by atoms with Crippen LogP contribution in [0.25, 0.3) is 0 Å². The zero-order valence-electron chi connectivity index (χ0n) is 18.0. The summed E-state index contributed by atoms with van der Waals surface area (Å²) in [6.45, 7) is 1.61. The molecule has 1 unspecified atom stereocenters. The fourth-order valence-corrected chi connectivity index (χ4v) is 4.79. The maximum absolute atomic E-state index is 13.4. The van der Waals surface area contributed by atoms with E-state index in [9.17, 15) is 9.59 Å². The first kappa shape index (κ1) is 21.5. The Balaban J connectivity index is 1.37. The van der Waals surface area contributed by atoms with Crippen LogP contribution in [0.4, 0.5) is 5.82 Å². The number of benzene rings is 2. The first-order valence-electron chi connectivity index (χ1n) is 11.1. The topological polar surface area (TPSA) is 82.5 Å². The van der Waals surface area contributed by atoms with Gasteiger partial charge in [-0.15, -0.1) is 0 Å². The minimum atomic E-state index is -0.968. The summed E-state index contributed by atoms with van der Waals surface area (Å²) >= 11 is 6.23. The third kappa shape index (κ3) is 4.31. The summed E-state index contributed by atoms with van der Waals surface area (Å²) in [6.07, 6.45) is 4.18. The van der Waals surface area contributed by atoms with E-state index in [2.05, 4.69) is 39.5 Å². The van der Waals surface area contributed by atoms with Gasteiger partial charge in [-0.25, -0.2) is 9.78 Å². The van der Waals surface area contributed by atoms with Crippen LogP contribution < -0.4 is 10.2 Å². The lowest BCUT2D eigenvalue weighted by Crippen LogP contribution is -2.36. The summed E-state index contributed by atoms with van der Waals surface area (Å²) in [6, 6.07) is 18.8. The predicted molar refractivity (Wildman–Crippen MR) is 127 cm³/mol. The quantitative estimate of drug-likeness (QED) is 0.548. The molecule has 2 heterocycles. The summed E-state index contributed by atoms with van der Waals surface area (Å²) in [5.74, 6) is -0.151. The zero-order valence-corrected chi connectivity index (χ0v) is 18.8. The highest BCUT2D eigenvalue weighted by atomic mass is 35.5. The summed E-state index contributed by atoms with van der Waals surface area (Å²) in [4.78, 5) is 31.2. The summed E-state index contributed by atoms with van der Waals surface area (Å²) in [5.41, 5.74) is 2.41. The molecule has 0 radical (unpaired) electrons. The van der Waals surface area contributed by atoms with Crippen molar-refractivity contribution in [3.8, 4) is 0 Å². The van der Waals surface area contributed by atoms with Gasteiger partial charge in [-0.1, -0.05) is 54.1 Å². The highest BCUT2D eigenvalue weighted by molar-refractivity contribution is 6.31. The molecule has 1 saturated heterocycles. The lowest BCUT2D eigenvalue weighted by molar-refractivity contribution is 0.0696. The normalized spacial score (nSPS) is 18.7. The number of nitrogens with one attached hydrogen (secondary N) is 1. The van der Waals surface area contributed by atoms with E-state index in [1.54, 1.807) is 36.5 Å². The van der Waals surface area contributed by atoms with E-state index in [-0.39, 0.29) is 11.5 Å². The molecule has 33 heavy (non-hydrogen) atoms. The largest absolute Gasteiger partial charge is 0.478 e. The molecule has 1 saturated carbocycles. The molecule has 0 bridgehead atoms. The first-order chi connectivity index (χ1) is 15.9. The van der Waals surface area contributed by atoms with Gasteiger partial charge < -0.3 is 15.3 Å². The average molecular weight is 462 g/mol. The van der Waals surface area contributed by atoms with Crippen LogP contribution in [-0.4, -0.2) is 35.1 Å². The highest BCUT2D eigenvalue weighted by Gasteiger charge is 2.46. The third-order valence-electron chi connectivity index (χ3n) is 6.62. The van der Waals surface area contributed by atoms with E-state index in [1.165, 1.54) is 5.56 Å². The number of rotatable bonds is 6. The van der Waals surface area contributed by atoms with Crippen molar-refractivity contribution in [1.29, 1.82) is 0 Å². The molecular formula is C26H24ClN3O3. The number of hydrogen-bond acceptors (Lipinski definition) is 4. The Hall–Kier alpha value is -3.38. The van der Waals surface area contributed by atoms with Gasteiger partial charge in [0.15, 0.2) is 0 Å². The molecule has 2 fully saturated rings. The Morgan fingerprint density at radius 3 is 2.48 bits per heavy atom. The monoisotopic (exact) mass is 461 g/mol. The van der Waals surface area contributed by atoms with Gasteiger partial charge in [-0.05, 0) is 48.6 Å². The van der Waals surface area contributed by atoms with Gasteiger partial charge in [0.2, 0.25) is 0 Å². The standard InChI is InChI=1S/C26H24ClN3O3/c27-21-14-22(23(28-15-21)30-13-10-19(16-30)17-4-2-1-3-5-17)24(31)29-26(11-12-26)20-8-6-18(7-9-20)25(32)33/h1-9,14-15,19H,10-13,16H2,(H,29,31)(H,32,33). The van der Waals surface area contributed by atoms with Crippen molar-refractivity contribution >= 4 is 29.3 Å². The van der Waals surface area contributed by atoms with Crippen LogP contribution in [0.5, 0.6) is 0 Å². The van der Waals surface area contributed by atoms with Crippen molar-refractivity contribution in [3.63, 3.8) is 0 Å². The smallest absolute Gasteiger partial charge is 0.335 e. The van der Waals surface area contributed by atoms with Crippen molar-refractivity contribution in [2.75, 3.05) is 18.0 Å². The zero-order chi connectivity index (χ0) is 23.0. The van der Waals surface area contributed by atoms with Gasteiger partial charge in [-0.3, -0.25) is 4.79 Å². The molecule has 1 amide bonds. The third-order valence-corrected chi connectivity index (χ3v) is 6.83. The number of aromatic nitrogens is 1. The molecule has 5 rings (SSSR count). The number of carbonyl (C=O) groups excluding carboxylic acids is 1. The van der Waals surface area contributed by atoms with Gasteiger partial charge in [0, 0.05) is 25.2 Å². The van der Waals surface area contributed by atoms with Gasteiger partial charge in [0.1, 0.15) is 5.82 Å². The van der Waals surface area contributed by atoms with Crippen molar-refractivity contribution in [3.05, 3.63) is 94.1 Å². The van der Waals surface area contributed by atoms with Crippen LogP contribution >= 0.6 is 11.6 Å². The van der Waals surface area contributed by atoms with Crippen LogP contribution in [0.3, 0.4) is 0 Å². The molecule has 168 valence electrons. The number of carbonyl (C=O) groups is 2. The number of aromatic carboxylic acids is 1. The maximum Gasteiger partial charge on any atom is 0.335 e. The van der Waals surface area contributed by atoms with Crippen LogP contribution in [0.1, 0.15) is 57.0 Å². The second-order valence-electron chi connectivity index (χ2n) is 8.79. The number of nitrogens with zero attached hydrogens (tertiary/aromatic N) is 2. The van der Waals surface area contributed by atoms with Crippen LogP contribution in [-0.2, 0) is 5.54 Å². The minimum Gasteiger partial charge on any atom is -0.478 e. The summed E-state index contributed by atoms with van der Waals surface area (Å²) < 4.78 is 0. The minimum absolute atomic E-state index is 0.219. The Bertz CT molecular complexity index is 1190. The Kier molecular flexibility index (Phi) is 5.54. The Labute approximate surface area is 197 Å². The van der Waals surface area contributed by atoms with E-state index < -0.39 is 11.5 Å². The number of amides is 1. The molecule has 3 aromatic rings. The lowest BCUT2D eigenvalue weighted by Gasteiger charge is -2.23.